The van der Waals surface area contributed by atoms with Crippen LogP contribution in [0.4, 0.5) is 4.79 Å². The predicted octanol–water partition coefficient (Wildman–Crippen LogP) is 4.08. The Labute approximate surface area is 183 Å². The normalized spacial score (nSPS) is 15.5. The minimum absolute atomic E-state index is 0.115. The molecule has 3 N–H and O–H groups in total. The maximum atomic E-state index is 12.5. The SMILES string of the molecule is COc1ccc(C2(CNC(=O)NCCc3c[nH]c4cc(C)ccc34)CCOCC2)cc1. The summed E-state index contributed by atoms with van der Waals surface area (Å²) in [6.07, 6.45) is 4.58. The minimum Gasteiger partial charge on any atom is -0.497 e. The summed E-state index contributed by atoms with van der Waals surface area (Å²) in [6.45, 7) is 4.67. The van der Waals surface area contributed by atoms with Crippen LogP contribution in [-0.4, -0.2) is 44.4 Å². The number of H-pyrrole nitrogens is 1. The van der Waals surface area contributed by atoms with E-state index in [2.05, 4.69) is 52.9 Å². The number of fused-ring (bicyclic) bond motifs is 1. The number of nitrogens with one attached hydrogen (secondary N) is 3. The Morgan fingerprint density at radius 3 is 2.65 bits per heavy atom. The van der Waals surface area contributed by atoms with E-state index in [1.54, 1.807) is 7.11 Å². The number of hydrogen-bond donors (Lipinski definition) is 3. The molecule has 31 heavy (non-hydrogen) atoms. The van der Waals surface area contributed by atoms with Crippen LogP contribution in [0.3, 0.4) is 0 Å². The number of benzene rings is 2. The molecule has 4 rings (SSSR count). The number of aromatic amines is 1. The lowest BCUT2D eigenvalue weighted by Gasteiger charge is -2.38. The van der Waals surface area contributed by atoms with Crippen molar-refractivity contribution in [1.29, 1.82) is 0 Å². The zero-order valence-corrected chi connectivity index (χ0v) is 18.3. The predicted molar refractivity (Wildman–Crippen MR) is 123 cm³/mol. The Morgan fingerprint density at radius 2 is 1.90 bits per heavy atom. The van der Waals surface area contributed by atoms with Gasteiger partial charge in [-0.2, -0.15) is 0 Å². The average molecular weight is 422 g/mol. The largest absolute Gasteiger partial charge is 0.497 e. The summed E-state index contributed by atoms with van der Waals surface area (Å²) in [7, 11) is 1.67. The summed E-state index contributed by atoms with van der Waals surface area (Å²) in [6, 6.07) is 14.4. The number of aryl methyl sites for hydroxylation is 1. The monoisotopic (exact) mass is 421 g/mol. The number of amides is 2. The summed E-state index contributed by atoms with van der Waals surface area (Å²) in [5.74, 6) is 0.837. The molecule has 1 saturated heterocycles. The van der Waals surface area contributed by atoms with Crippen LogP contribution in [0.15, 0.2) is 48.7 Å². The number of aromatic nitrogens is 1. The van der Waals surface area contributed by atoms with Gasteiger partial charge in [0, 0.05) is 48.8 Å². The highest BCUT2D eigenvalue weighted by molar-refractivity contribution is 5.84. The summed E-state index contributed by atoms with van der Waals surface area (Å²) in [4.78, 5) is 15.8. The van der Waals surface area contributed by atoms with Crippen LogP contribution >= 0.6 is 0 Å². The van der Waals surface area contributed by atoms with E-state index in [1.165, 1.54) is 22.1 Å². The topological polar surface area (TPSA) is 75.4 Å². The number of hydrogen-bond acceptors (Lipinski definition) is 3. The lowest BCUT2D eigenvalue weighted by molar-refractivity contribution is 0.0507. The fourth-order valence-corrected chi connectivity index (χ4v) is 4.40. The molecular weight excluding hydrogens is 390 g/mol. The molecule has 1 fully saturated rings. The fourth-order valence-electron chi connectivity index (χ4n) is 4.40. The zero-order valence-electron chi connectivity index (χ0n) is 18.3. The molecular formula is C25H31N3O3. The van der Waals surface area contributed by atoms with Crippen molar-refractivity contribution in [3.05, 3.63) is 65.4 Å². The maximum absolute atomic E-state index is 12.5. The van der Waals surface area contributed by atoms with Crippen molar-refractivity contribution < 1.29 is 14.3 Å². The zero-order chi connectivity index (χ0) is 21.7. The molecule has 2 aromatic carbocycles. The summed E-state index contributed by atoms with van der Waals surface area (Å²) < 4.78 is 10.9. The van der Waals surface area contributed by atoms with E-state index < -0.39 is 0 Å². The number of urea groups is 1. The van der Waals surface area contributed by atoms with Crippen molar-refractivity contribution in [3.63, 3.8) is 0 Å². The van der Waals surface area contributed by atoms with Crippen LogP contribution in [0.25, 0.3) is 10.9 Å². The van der Waals surface area contributed by atoms with Crippen molar-refractivity contribution in [2.24, 2.45) is 0 Å². The van der Waals surface area contributed by atoms with E-state index in [4.69, 9.17) is 9.47 Å². The Kier molecular flexibility index (Phi) is 6.47. The first kappa shape index (κ1) is 21.2. The van der Waals surface area contributed by atoms with Gasteiger partial charge in [-0.3, -0.25) is 0 Å². The molecule has 6 nitrogen and oxygen atoms in total. The van der Waals surface area contributed by atoms with E-state index in [0.29, 0.717) is 26.3 Å². The maximum Gasteiger partial charge on any atom is 0.314 e. The number of carbonyl (C=O) groups excluding carboxylic acids is 1. The molecule has 6 heteroatoms. The Hall–Kier alpha value is -2.99. The minimum atomic E-state index is -0.130. The van der Waals surface area contributed by atoms with Gasteiger partial charge in [-0.15, -0.1) is 0 Å². The Morgan fingerprint density at radius 1 is 1.13 bits per heavy atom. The van der Waals surface area contributed by atoms with Crippen molar-refractivity contribution in [2.75, 3.05) is 33.4 Å². The number of methoxy groups -OCH3 is 1. The smallest absolute Gasteiger partial charge is 0.314 e. The van der Waals surface area contributed by atoms with Crippen LogP contribution in [0.1, 0.15) is 29.5 Å². The van der Waals surface area contributed by atoms with E-state index >= 15 is 0 Å². The second-order valence-electron chi connectivity index (χ2n) is 8.34. The van der Waals surface area contributed by atoms with Gasteiger partial charge in [-0.25, -0.2) is 4.79 Å². The van der Waals surface area contributed by atoms with Crippen molar-refractivity contribution >= 4 is 16.9 Å². The summed E-state index contributed by atoms with van der Waals surface area (Å²) in [5.41, 5.74) is 4.69. The highest BCUT2D eigenvalue weighted by atomic mass is 16.5. The molecule has 3 aromatic rings. The molecule has 0 radical (unpaired) electrons. The molecule has 0 aliphatic carbocycles. The van der Waals surface area contributed by atoms with E-state index in [9.17, 15) is 4.79 Å². The summed E-state index contributed by atoms with van der Waals surface area (Å²) in [5, 5.41) is 7.32. The second kappa shape index (κ2) is 9.43. The average Bonchev–Trinajstić information content (AvgIpc) is 3.20. The van der Waals surface area contributed by atoms with E-state index in [-0.39, 0.29) is 11.4 Å². The molecule has 2 heterocycles. The van der Waals surface area contributed by atoms with E-state index in [0.717, 1.165) is 30.5 Å². The quantitative estimate of drug-likeness (QED) is 0.538. The number of carbonyl (C=O) groups is 1. The molecule has 1 aliphatic rings. The number of rotatable bonds is 7. The van der Waals surface area contributed by atoms with Crippen molar-refractivity contribution in [1.82, 2.24) is 15.6 Å². The van der Waals surface area contributed by atoms with Crippen LogP contribution in [0.2, 0.25) is 0 Å². The van der Waals surface area contributed by atoms with Crippen LogP contribution < -0.4 is 15.4 Å². The van der Waals surface area contributed by atoms with Gasteiger partial charge in [0.1, 0.15) is 5.75 Å². The molecule has 1 aliphatic heterocycles. The van der Waals surface area contributed by atoms with Crippen LogP contribution in [0.5, 0.6) is 5.75 Å². The molecule has 2 amide bonds. The van der Waals surface area contributed by atoms with Crippen LogP contribution in [0, 0.1) is 6.92 Å². The molecule has 164 valence electrons. The van der Waals surface area contributed by atoms with Gasteiger partial charge in [0.2, 0.25) is 0 Å². The third-order valence-electron chi connectivity index (χ3n) is 6.34. The lowest BCUT2D eigenvalue weighted by atomic mass is 9.74. The molecule has 0 unspecified atom stereocenters. The van der Waals surface area contributed by atoms with Gasteiger partial charge >= 0.3 is 6.03 Å². The third kappa shape index (κ3) is 4.85. The lowest BCUT2D eigenvalue weighted by Crippen LogP contribution is -2.47. The van der Waals surface area contributed by atoms with Gasteiger partial charge in [-0.05, 0) is 61.1 Å². The molecule has 1 aromatic heterocycles. The highest BCUT2D eigenvalue weighted by Crippen LogP contribution is 2.35. The van der Waals surface area contributed by atoms with Gasteiger partial charge in [0.05, 0.1) is 7.11 Å². The second-order valence-corrected chi connectivity index (χ2v) is 8.34. The van der Waals surface area contributed by atoms with Crippen molar-refractivity contribution in [3.8, 4) is 5.75 Å². The molecule has 0 bridgehead atoms. The van der Waals surface area contributed by atoms with E-state index in [1.807, 2.05) is 18.3 Å². The highest BCUT2D eigenvalue weighted by Gasteiger charge is 2.34. The Bertz CT molecular complexity index is 1020. The van der Waals surface area contributed by atoms with Gasteiger partial charge < -0.3 is 25.1 Å². The first-order valence-electron chi connectivity index (χ1n) is 10.9. The van der Waals surface area contributed by atoms with Gasteiger partial charge in [0.15, 0.2) is 0 Å². The fraction of sp³-hybridized carbons (Fsp3) is 0.400. The molecule has 0 spiro atoms. The van der Waals surface area contributed by atoms with Crippen LogP contribution in [-0.2, 0) is 16.6 Å². The van der Waals surface area contributed by atoms with Gasteiger partial charge in [0.25, 0.3) is 0 Å². The first-order chi connectivity index (χ1) is 15.1. The third-order valence-corrected chi connectivity index (χ3v) is 6.34. The standard InChI is InChI=1S/C25H31N3O3/c1-18-3-8-22-19(16-27-23(22)15-18)9-12-26-24(29)28-17-25(10-13-31-14-11-25)20-4-6-21(30-2)7-5-20/h3-8,15-16,27H,9-14,17H2,1-2H3,(H2,26,28,29). The van der Waals surface area contributed by atoms with Crippen molar-refractivity contribution in [2.45, 2.75) is 31.6 Å². The Balaban J connectivity index is 1.33. The number of ether oxygens (including phenoxy) is 2. The first-order valence-corrected chi connectivity index (χ1v) is 10.9. The molecule has 0 saturated carbocycles. The molecule has 0 atom stereocenters. The summed E-state index contributed by atoms with van der Waals surface area (Å²) >= 11 is 0. The van der Waals surface area contributed by atoms with Gasteiger partial charge in [-0.1, -0.05) is 24.3 Å².